The molecule has 1 unspecified atom stereocenters. The quantitative estimate of drug-likeness (QED) is 0.646. The number of hydrogen-bond acceptors (Lipinski definition) is 4. The Morgan fingerprint density at radius 2 is 2.33 bits per heavy atom. The predicted octanol–water partition coefficient (Wildman–Crippen LogP) is 1.65. The molecule has 8 heteroatoms. The van der Waals surface area contributed by atoms with Crippen LogP contribution in [0, 0.1) is 0 Å². The zero-order chi connectivity index (χ0) is 15.5. The van der Waals surface area contributed by atoms with Gasteiger partial charge in [0.1, 0.15) is 5.75 Å². The van der Waals surface area contributed by atoms with E-state index < -0.39 is 15.1 Å². The fraction of sp³-hybridized carbons (Fsp3) is 0.462. The Labute approximate surface area is 129 Å². The summed E-state index contributed by atoms with van der Waals surface area (Å²) in [6.45, 7) is 0.186. The molecule has 0 amide bonds. The summed E-state index contributed by atoms with van der Waals surface area (Å²) in [5, 5.41) is 2.91. The van der Waals surface area contributed by atoms with E-state index in [-0.39, 0.29) is 18.3 Å². The van der Waals surface area contributed by atoms with Crippen molar-refractivity contribution in [3.05, 3.63) is 23.2 Å². The minimum Gasteiger partial charge on any atom is -0.495 e. The fourth-order valence-electron chi connectivity index (χ4n) is 2.19. The van der Waals surface area contributed by atoms with Crippen molar-refractivity contribution in [2.45, 2.75) is 18.1 Å². The van der Waals surface area contributed by atoms with Crippen LogP contribution in [0.4, 0.5) is 5.69 Å². The van der Waals surface area contributed by atoms with Crippen molar-refractivity contribution < 1.29 is 13.2 Å². The second-order valence-electron chi connectivity index (χ2n) is 4.83. The van der Waals surface area contributed by atoms with E-state index in [0.29, 0.717) is 29.3 Å². The number of sulfone groups is 1. The molecular weight excluding hydrogens is 314 g/mol. The van der Waals surface area contributed by atoms with Crippen molar-refractivity contribution in [3.63, 3.8) is 0 Å². The average Bonchev–Trinajstić information content (AvgIpc) is 2.75. The third-order valence-corrected chi connectivity index (χ3v) is 5.91. The molecule has 1 fully saturated rings. The lowest BCUT2D eigenvalue weighted by Crippen LogP contribution is -2.26. The molecule has 0 aliphatic carbocycles. The van der Waals surface area contributed by atoms with Gasteiger partial charge in [-0.05, 0) is 31.0 Å². The number of aliphatic imine (C=N–C) groups is 1. The van der Waals surface area contributed by atoms with Gasteiger partial charge in [-0.25, -0.2) is 8.42 Å². The summed E-state index contributed by atoms with van der Waals surface area (Å²) in [5.74, 6) is 0.974. The smallest absolute Gasteiger partial charge is 0.193 e. The van der Waals surface area contributed by atoms with Crippen LogP contribution in [-0.4, -0.2) is 39.0 Å². The first-order valence-corrected chi connectivity index (χ1v) is 8.64. The van der Waals surface area contributed by atoms with Crippen molar-refractivity contribution in [2.75, 3.05) is 24.7 Å². The normalized spacial score (nSPS) is 21.2. The summed E-state index contributed by atoms with van der Waals surface area (Å²) in [4.78, 5) is 4.10. The Balaban J connectivity index is 1.99. The van der Waals surface area contributed by atoms with Gasteiger partial charge in [-0.1, -0.05) is 11.6 Å². The zero-order valence-electron chi connectivity index (χ0n) is 11.7. The molecule has 0 spiro atoms. The molecule has 2 rings (SSSR count). The molecule has 1 aliphatic heterocycles. The molecule has 116 valence electrons. The largest absolute Gasteiger partial charge is 0.495 e. The maximum atomic E-state index is 11.7. The molecule has 0 bridgehead atoms. The number of nitrogens with one attached hydrogen (secondary N) is 1. The van der Waals surface area contributed by atoms with E-state index in [1.165, 1.54) is 7.11 Å². The molecule has 1 saturated heterocycles. The second-order valence-corrected chi connectivity index (χ2v) is 7.64. The molecule has 1 heterocycles. The molecule has 0 saturated carbocycles. The highest BCUT2D eigenvalue weighted by Crippen LogP contribution is 2.27. The SMILES string of the molecule is COc1ccc(NC(N)=NCC2CCCS2(=O)=O)cc1Cl. The highest BCUT2D eigenvalue weighted by molar-refractivity contribution is 7.92. The van der Waals surface area contributed by atoms with Gasteiger partial charge in [-0.3, -0.25) is 4.99 Å². The summed E-state index contributed by atoms with van der Waals surface area (Å²) in [7, 11) is -1.47. The van der Waals surface area contributed by atoms with Gasteiger partial charge in [-0.2, -0.15) is 0 Å². The molecule has 6 nitrogen and oxygen atoms in total. The summed E-state index contributed by atoms with van der Waals surface area (Å²) < 4.78 is 28.4. The lowest BCUT2D eigenvalue weighted by molar-refractivity contribution is 0.415. The first kappa shape index (κ1) is 15.9. The monoisotopic (exact) mass is 331 g/mol. The van der Waals surface area contributed by atoms with Gasteiger partial charge < -0.3 is 15.8 Å². The number of halogens is 1. The topological polar surface area (TPSA) is 93.8 Å². The minimum atomic E-state index is -3.00. The van der Waals surface area contributed by atoms with Crippen LogP contribution in [0.3, 0.4) is 0 Å². The molecule has 1 atom stereocenters. The van der Waals surface area contributed by atoms with Crippen LogP contribution in [0.2, 0.25) is 5.02 Å². The summed E-state index contributed by atoms with van der Waals surface area (Å²) in [6, 6.07) is 5.12. The third-order valence-electron chi connectivity index (χ3n) is 3.35. The summed E-state index contributed by atoms with van der Waals surface area (Å²) in [6.07, 6.45) is 1.34. The number of nitrogens with zero attached hydrogens (tertiary/aromatic N) is 1. The lowest BCUT2D eigenvalue weighted by Gasteiger charge is -2.10. The molecule has 1 aromatic carbocycles. The van der Waals surface area contributed by atoms with Crippen LogP contribution in [0.1, 0.15) is 12.8 Å². The Morgan fingerprint density at radius 3 is 2.90 bits per heavy atom. The number of hydrogen-bond donors (Lipinski definition) is 2. The van der Waals surface area contributed by atoms with E-state index in [1.807, 2.05) is 0 Å². The van der Waals surface area contributed by atoms with Crippen molar-refractivity contribution in [1.82, 2.24) is 0 Å². The Hall–Kier alpha value is -1.47. The van der Waals surface area contributed by atoms with E-state index in [0.717, 1.165) is 0 Å². The van der Waals surface area contributed by atoms with E-state index in [4.69, 9.17) is 22.1 Å². The van der Waals surface area contributed by atoms with Crippen molar-refractivity contribution in [1.29, 1.82) is 0 Å². The minimum absolute atomic E-state index is 0.165. The van der Waals surface area contributed by atoms with E-state index in [9.17, 15) is 8.42 Å². The molecule has 3 N–H and O–H groups in total. The van der Waals surface area contributed by atoms with Crippen molar-refractivity contribution in [2.24, 2.45) is 10.7 Å². The standard InChI is InChI=1S/C13H18ClN3O3S/c1-20-12-5-4-9(7-11(12)14)17-13(15)16-8-10-3-2-6-21(10,18)19/h4-5,7,10H,2-3,6,8H2,1H3,(H3,15,16,17). The molecule has 0 aromatic heterocycles. The number of nitrogens with two attached hydrogens (primary N) is 1. The summed E-state index contributed by atoms with van der Waals surface area (Å²) >= 11 is 6.01. The highest BCUT2D eigenvalue weighted by Gasteiger charge is 2.30. The van der Waals surface area contributed by atoms with Gasteiger partial charge in [0.2, 0.25) is 0 Å². The fourth-order valence-corrected chi connectivity index (χ4v) is 4.18. The number of methoxy groups -OCH3 is 1. The average molecular weight is 332 g/mol. The van der Waals surface area contributed by atoms with Crippen molar-refractivity contribution in [3.8, 4) is 5.75 Å². The second kappa shape index (κ2) is 6.53. The number of rotatable bonds is 4. The zero-order valence-corrected chi connectivity index (χ0v) is 13.2. The van der Waals surface area contributed by atoms with Crippen LogP contribution in [0.25, 0.3) is 0 Å². The molecular formula is C13H18ClN3O3S. The van der Waals surface area contributed by atoms with Crippen LogP contribution >= 0.6 is 11.6 Å². The molecule has 1 aromatic rings. The number of guanidine groups is 1. The van der Waals surface area contributed by atoms with Crippen LogP contribution < -0.4 is 15.8 Å². The predicted molar refractivity (Wildman–Crippen MR) is 84.9 cm³/mol. The van der Waals surface area contributed by atoms with E-state index in [1.54, 1.807) is 18.2 Å². The summed E-state index contributed by atoms with van der Waals surface area (Å²) in [5.41, 5.74) is 6.43. The Kier molecular flexibility index (Phi) is 4.95. The van der Waals surface area contributed by atoms with Crippen LogP contribution in [0.15, 0.2) is 23.2 Å². The number of ether oxygens (including phenoxy) is 1. The van der Waals surface area contributed by atoms with Gasteiger partial charge in [0.25, 0.3) is 0 Å². The Morgan fingerprint density at radius 1 is 1.57 bits per heavy atom. The van der Waals surface area contributed by atoms with Crippen LogP contribution in [0.5, 0.6) is 5.75 Å². The molecule has 21 heavy (non-hydrogen) atoms. The van der Waals surface area contributed by atoms with Crippen molar-refractivity contribution >= 4 is 33.1 Å². The first-order chi connectivity index (χ1) is 9.92. The maximum Gasteiger partial charge on any atom is 0.193 e. The number of benzene rings is 1. The third kappa shape index (κ3) is 4.01. The van der Waals surface area contributed by atoms with Gasteiger partial charge in [-0.15, -0.1) is 0 Å². The van der Waals surface area contributed by atoms with Gasteiger partial charge in [0, 0.05) is 5.69 Å². The van der Waals surface area contributed by atoms with Crippen LogP contribution in [-0.2, 0) is 9.84 Å². The van der Waals surface area contributed by atoms with Gasteiger partial charge in [0.15, 0.2) is 15.8 Å². The van der Waals surface area contributed by atoms with E-state index >= 15 is 0 Å². The molecule has 1 aliphatic rings. The highest BCUT2D eigenvalue weighted by atomic mass is 35.5. The lowest BCUT2D eigenvalue weighted by atomic mass is 10.2. The van der Waals surface area contributed by atoms with Gasteiger partial charge >= 0.3 is 0 Å². The number of anilines is 1. The Bertz CT molecular complexity index is 646. The van der Waals surface area contributed by atoms with Gasteiger partial charge in [0.05, 0.1) is 29.7 Å². The molecule has 0 radical (unpaired) electrons. The first-order valence-electron chi connectivity index (χ1n) is 6.54. The maximum absolute atomic E-state index is 11.7. The van der Waals surface area contributed by atoms with E-state index in [2.05, 4.69) is 10.3 Å².